The number of benzene rings is 1. The highest BCUT2D eigenvalue weighted by atomic mass is 16.3. The number of H-pyrrole nitrogens is 1. The Morgan fingerprint density at radius 2 is 2.18 bits per heavy atom. The first-order valence-electron chi connectivity index (χ1n) is 7.89. The summed E-state index contributed by atoms with van der Waals surface area (Å²) in [5.74, 6) is 0.0795. The topological polar surface area (TPSA) is 65.1 Å². The van der Waals surface area contributed by atoms with Crippen LogP contribution >= 0.6 is 0 Å². The summed E-state index contributed by atoms with van der Waals surface area (Å²) in [4.78, 5) is 15.4. The molecule has 0 spiro atoms. The number of fused-ring (bicyclic) bond motifs is 1. The van der Waals surface area contributed by atoms with Crippen LogP contribution in [0.1, 0.15) is 38.3 Å². The van der Waals surface area contributed by atoms with Crippen molar-refractivity contribution in [3.63, 3.8) is 0 Å². The van der Waals surface area contributed by atoms with Crippen molar-refractivity contribution in [3.05, 3.63) is 35.5 Å². The van der Waals surface area contributed by atoms with E-state index in [-0.39, 0.29) is 18.4 Å². The van der Waals surface area contributed by atoms with E-state index in [0.717, 1.165) is 28.5 Å². The van der Waals surface area contributed by atoms with E-state index >= 15 is 0 Å². The number of rotatable bonds is 6. The second kappa shape index (κ2) is 6.53. The van der Waals surface area contributed by atoms with E-state index in [0.29, 0.717) is 6.42 Å². The number of aromatic amines is 1. The molecule has 0 aliphatic rings. The fourth-order valence-corrected chi connectivity index (χ4v) is 2.72. The molecule has 1 heterocycles. The van der Waals surface area contributed by atoms with Crippen molar-refractivity contribution < 1.29 is 9.90 Å². The zero-order valence-corrected chi connectivity index (χ0v) is 13.9. The molecule has 3 N–H and O–H groups in total. The number of aromatic nitrogens is 1. The molecule has 4 nitrogen and oxygen atoms in total. The van der Waals surface area contributed by atoms with E-state index in [1.807, 2.05) is 45.2 Å². The highest BCUT2D eigenvalue weighted by Crippen LogP contribution is 2.23. The van der Waals surface area contributed by atoms with E-state index < -0.39 is 5.60 Å². The monoisotopic (exact) mass is 302 g/mol. The number of aliphatic hydroxyl groups is 1. The minimum atomic E-state index is -0.874. The lowest BCUT2D eigenvalue weighted by Crippen LogP contribution is -2.45. The maximum atomic E-state index is 12.2. The maximum Gasteiger partial charge on any atom is 0.224 e. The first-order chi connectivity index (χ1) is 10.3. The molecule has 0 saturated carbocycles. The quantitative estimate of drug-likeness (QED) is 0.768. The zero-order valence-electron chi connectivity index (χ0n) is 13.9. The summed E-state index contributed by atoms with van der Waals surface area (Å²) in [7, 11) is 0. The summed E-state index contributed by atoms with van der Waals surface area (Å²) in [6, 6.07) is 6.06. The van der Waals surface area contributed by atoms with E-state index in [1.54, 1.807) is 6.92 Å². The van der Waals surface area contributed by atoms with Crippen LogP contribution in [0.25, 0.3) is 10.9 Å². The van der Waals surface area contributed by atoms with Crippen molar-refractivity contribution in [2.75, 3.05) is 6.54 Å². The Morgan fingerprint density at radius 1 is 1.45 bits per heavy atom. The third kappa shape index (κ3) is 3.50. The Kier molecular flexibility index (Phi) is 4.91. The molecule has 0 aliphatic carbocycles. The normalized spacial score (nSPS) is 15.5. The van der Waals surface area contributed by atoms with Crippen LogP contribution in [0, 0.1) is 12.8 Å². The molecule has 2 aromatic rings. The predicted molar refractivity (Wildman–Crippen MR) is 89.8 cm³/mol. The van der Waals surface area contributed by atoms with Crippen molar-refractivity contribution in [3.8, 4) is 0 Å². The van der Waals surface area contributed by atoms with E-state index in [2.05, 4.69) is 10.3 Å². The number of nitrogens with one attached hydrogen (secondary N) is 2. The average molecular weight is 302 g/mol. The minimum Gasteiger partial charge on any atom is -0.388 e. The molecule has 1 amide bonds. The second-order valence-corrected chi connectivity index (χ2v) is 6.43. The number of amides is 1. The van der Waals surface area contributed by atoms with Gasteiger partial charge in [0.25, 0.3) is 0 Å². The smallest absolute Gasteiger partial charge is 0.224 e. The van der Waals surface area contributed by atoms with Crippen LogP contribution in [-0.2, 0) is 11.2 Å². The van der Waals surface area contributed by atoms with Gasteiger partial charge >= 0.3 is 0 Å². The van der Waals surface area contributed by atoms with E-state index in [1.165, 1.54) is 0 Å². The maximum absolute atomic E-state index is 12.2. The standard InChI is InChI=1S/C18H26N2O2/c1-5-13(3)18(4,22)11-20-16(21)9-14-10-19-15-8-6-7-12(2)17(14)15/h6-8,10,13,19,22H,5,9,11H2,1-4H3,(H,20,21). The van der Waals surface area contributed by atoms with Gasteiger partial charge in [-0.05, 0) is 37.0 Å². The summed E-state index contributed by atoms with van der Waals surface area (Å²) < 4.78 is 0. The summed E-state index contributed by atoms with van der Waals surface area (Å²) in [6.07, 6.45) is 3.09. The molecule has 2 unspecified atom stereocenters. The summed E-state index contributed by atoms with van der Waals surface area (Å²) in [5, 5.41) is 14.3. The van der Waals surface area contributed by atoms with Gasteiger partial charge in [0, 0.05) is 23.6 Å². The molecule has 120 valence electrons. The summed E-state index contributed by atoms with van der Waals surface area (Å²) in [6.45, 7) is 8.13. The predicted octanol–water partition coefficient (Wildman–Crippen LogP) is 2.93. The molecule has 0 radical (unpaired) electrons. The summed E-state index contributed by atoms with van der Waals surface area (Å²) in [5.41, 5.74) is 2.33. The lowest BCUT2D eigenvalue weighted by molar-refractivity contribution is -0.122. The van der Waals surface area contributed by atoms with Crippen molar-refractivity contribution >= 4 is 16.8 Å². The Balaban J connectivity index is 2.03. The SMILES string of the molecule is CCC(C)C(C)(O)CNC(=O)Cc1c[nH]c2cccc(C)c12. The molecular weight excluding hydrogens is 276 g/mol. The van der Waals surface area contributed by atoms with Crippen molar-refractivity contribution in [2.45, 2.75) is 46.1 Å². The average Bonchev–Trinajstić information content (AvgIpc) is 2.89. The molecule has 22 heavy (non-hydrogen) atoms. The van der Waals surface area contributed by atoms with Crippen molar-refractivity contribution in [2.24, 2.45) is 5.92 Å². The molecular formula is C18H26N2O2. The number of carbonyl (C=O) groups is 1. The molecule has 0 bridgehead atoms. The molecule has 2 atom stereocenters. The van der Waals surface area contributed by atoms with Crippen LogP contribution in [0.5, 0.6) is 0 Å². The third-order valence-corrected chi connectivity index (χ3v) is 4.66. The van der Waals surface area contributed by atoms with E-state index in [9.17, 15) is 9.90 Å². The van der Waals surface area contributed by atoms with Crippen LogP contribution in [0.3, 0.4) is 0 Å². The van der Waals surface area contributed by atoms with Crippen LogP contribution in [0.2, 0.25) is 0 Å². The van der Waals surface area contributed by atoms with Crippen molar-refractivity contribution in [1.82, 2.24) is 10.3 Å². The highest BCUT2D eigenvalue weighted by Gasteiger charge is 2.27. The van der Waals surface area contributed by atoms with Crippen LogP contribution in [0.15, 0.2) is 24.4 Å². The highest BCUT2D eigenvalue weighted by molar-refractivity contribution is 5.91. The fourth-order valence-electron chi connectivity index (χ4n) is 2.72. The van der Waals surface area contributed by atoms with Gasteiger partial charge in [-0.3, -0.25) is 4.79 Å². The first kappa shape index (κ1) is 16.6. The molecule has 0 fully saturated rings. The van der Waals surface area contributed by atoms with Gasteiger partial charge in [0.05, 0.1) is 12.0 Å². The summed E-state index contributed by atoms with van der Waals surface area (Å²) >= 11 is 0. The third-order valence-electron chi connectivity index (χ3n) is 4.66. The fraction of sp³-hybridized carbons (Fsp3) is 0.500. The largest absolute Gasteiger partial charge is 0.388 e. The Morgan fingerprint density at radius 3 is 2.86 bits per heavy atom. The number of carbonyl (C=O) groups excluding carboxylic acids is 1. The molecule has 1 aromatic carbocycles. The van der Waals surface area contributed by atoms with Gasteiger partial charge in [0.15, 0.2) is 0 Å². The second-order valence-electron chi connectivity index (χ2n) is 6.43. The van der Waals surface area contributed by atoms with Gasteiger partial charge in [0.2, 0.25) is 5.91 Å². The van der Waals surface area contributed by atoms with Gasteiger partial charge in [-0.1, -0.05) is 32.4 Å². The lowest BCUT2D eigenvalue weighted by atomic mass is 9.88. The van der Waals surface area contributed by atoms with Gasteiger partial charge in [-0.25, -0.2) is 0 Å². The molecule has 0 saturated heterocycles. The molecule has 4 heteroatoms. The Hall–Kier alpha value is -1.81. The van der Waals surface area contributed by atoms with Gasteiger partial charge in [0.1, 0.15) is 0 Å². The van der Waals surface area contributed by atoms with Crippen LogP contribution < -0.4 is 5.32 Å². The molecule has 2 rings (SSSR count). The zero-order chi connectivity index (χ0) is 16.3. The van der Waals surface area contributed by atoms with Gasteiger partial charge in [-0.15, -0.1) is 0 Å². The molecule has 0 aliphatic heterocycles. The Labute approximate surface area is 131 Å². The lowest BCUT2D eigenvalue weighted by Gasteiger charge is -2.29. The Bertz CT molecular complexity index is 658. The number of hydrogen-bond acceptors (Lipinski definition) is 2. The molecule has 1 aromatic heterocycles. The van der Waals surface area contributed by atoms with Crippen LogP contribution in [0.4, 0.5) is 0 Å². The first-order valence-corrected chi connectivity index (χ1v) is 7.89. The van der Waals surface area contributed by atoms with E-state index in [4.69, 9.17) is 0 Å². The van der Waals surface area contributed by atoms with Crippen molar-refractivity contribution in [1.29, 1.82) is 0 Å². The van der Waals surface area contributed by atoms with Gasteiger partial charge < -0.3 is 15.4 Å². The van der Waals surface area contributed by atoms with Gasteiger partial charge in [-0.2, -0.15) is 0 Å². The van der Waals surface area contributed by atoms with Crippen LogP contribution in [-0.4, -0.2) is 28.1 Å². The number of hydrogen-bond donors (Lipinski definition) is 3. The number of aryl methyl sites for hydroxylation is 1. The minimum absolute atomic E-state index is 0.0623.